The van der Waals surface area contributed by atoms with E-state index in [1.165, 1.54) is 12.3 Å². The van der Waals surface area contributed by atoms with Crippen molar-refractivity contribution in [1.82, 2.24) is 4.98 Å². The number of ether oxygens (including phenoxy) is 1. The highest BCUT2D eigenvalue weighted by molar-refractivity contribution is 9.10. The summed E-state index contributed by atoms with van der Waals surface area (Å²) >= 11 is 3.24. The first-order valence-electron chi connectivity index (χ1n) is 8.29. The molecule has 142 valence electrons. The Morgan fingerprint density at radius 2 is 2.15 bits per heavy atom. The Morgan fingerprint density at radius 1 is 1.37 bits per heavy atom. The molecule has 1 aromatic heterocycles. The molecule has 6 nitrogen and oxygen atoms in total. The maximum Gasteiger partial charge on any atom is 0.217 e. The van der Waals surface area contributed by atoms with Gasteiger partial charge in [-0.3, -0.25) is 10.2 Å². The molecule has 0 saturated carbocycles. The largest absolute Gasteiger partial charge is 0.396 e. The number of pyridine rings is 1. The molecule has 1 aromatic carbocycles. The third-order valence-corrected chi connectivity index (χ3v) is 4.61. The average Bonchev–Trinajstić information content (AvgIpc) is 2.66. The summed E-state index contributed by atoms with van der Waals surface area (Å²) in [6.45, 7) is 0.597. The number of nitrogens with two attached hydrogens (primary N) is 1. The van der Waals surface area contributed by atoms with Crippen LogP contribution in [0.2, 0.25) is 0 Å². The van der Waals surface area contributed by atoms with Gasteiger partial charge in [-0.2, -0.15) is 0 Å². The second-order valence-electron chi connectivity index (χ2n) is 6.08. The number of aromatic nitrogens is 1. The standard InChI is InChI=1S/C18H17BrF2N4O2/c19-9-7-10(18(24-8-9)25-13-3-1-2-6-27-13)16(23)17(26)14-11(20)4-5-12(22)15(14)21/h4-5,7-8,13,23H,1-3,6,22H2,(H,24,25). The van der Waals surface area contributed by atoms with Crippen LogP contribution in [0.25, 0.3) is 0 Å². The fourth-order valence-corrected chi connectivity index (χ4v) is 3.11. The zero-order valence-corrected chi connectivity index (χ0v) is 15.8. The molecule has 27 heavy (non-hydrogen) atoms. The molecule has 1 saturated heterocycles. The predicted octanol–water partition coefficient (Wildman–Crippen LogP) is 3.89. The van der Waals surface area contributed by atoms with E-state index in [1.54, 1.807) is 0 Å². The van der Waals surface area contributed by atoms with E-state index in [9.17, 15) is 13.6 Å². The van der Waals surface area contributed by atoms with Gasteiger partial charge in [0.25, 0.3) is 0 Å². The van der Waals surface area contributed by atoms with Crippen molar-refractivity contribution in [2.45, 2.75) is 25.5 Å². The summed E-state index contributed by atoms with van der Waals surface area (Å²) in [6, 6.07) is 3.41. The first kappa shape index (κ1) is 19.4. The number of hydrogen-bond donors (Lipinski definition) is 3. The molecule has 2 heterocycles. The van der Waals surface area contributed by atoms with Crippen LogP contribution >= 0.6 is 15.9 Å². The Morgan fingerprint density at radius 3 is 2.85 bits per heavy atom. The Bertz CT molecular complexity index is 901. The van der Waals surface area contributed by atoms with E-state index >= 15 is 0 Å². The Hall–Kier alpha value is -2.39. The molecular weight excluding hydrogens is 422 g/mol. The van der Waals surface area contributed by atoms with Crippen molar-refractivity contribution in [3.8, 4) is 0 Å². The average molecular weight is 439 g/mol. The van der Waals surface area contributed by atoms with Gasteiger partial charge < -0.3 is 15.8 Å². The number of nitrogens with zero attached hydrogens (tertiary/aromatic N) is 1. The topological polar surface area (TPSA) is 101 Å². The lowest BCUT2D eigenvalue weighted by Crippen LogP contribution is -2.29. The lowest BCUT2D eigenvalue weighted by Gasteiger charge is -2.25. The van der Waals surface area contributed by atoms with Crippen molar-refractivity contribution in [3.05, 3.63) is 51.6 Å². The maximum absolute atomic E-state index is 14.2. The summed E-state index contributed by atoms with van der Waals surface area (Å²) < 4.78 is 34.3. The third-order valence-electron chi connectivity index (χ3n) is 4.18. The van der Waals surface area contributed by atoms with Crippen LogP contribution in [0.4, 0.5) is 20.3 Å². The Kier molecular flexibility index (Phi) is 5.81. The highest BCUT2D eigenvalue weighted by atomic mass is 79.9. The molecule has 0 amide bonds. The summed E-state index contributed by atoms with van der Waals surface area (Å²) in [6.07, 6.45) is 3.86. The molecule has 1 aliphatic heterocycles. The molecule has 1 fully saturated rings. The van der Waals surface area contributed by atoms with E-state index in [4.69, 9.17) is 15.9 Å². The number of rotatable bonds is 5. The highest BCUT2D eigenvalue weighted by Gasteiger charge is 2.27. The van der Waals surface area contributed by atoms with Crippen molar-refractivity contribution in [3.63, 3.8) is 0 Å². The van der Waals surface area contributed by atoms with Gasteiger partial charge in [0, 0.05) is 22.8 Å². The summed E-state index contributed by atoms with van der Waals surface area (Å²) in [7, 11) is 0. The van der Waals surface area contributed by atoms with Crippen LogP contribution in [0.3, 0.4) is 0 Å². The van der Waals surface area contributed by atoms with Crippen LogP contribution in [0.1, 0.15) is 35.2 Å². The van der Waals surface area contributed by atoms with E-state index < -0.39 is 28.7 Å². The molecule has 9 heteroatoms. The molecule has 0 bridgehead atoms. The molecule has 3 rings (SSSR count). The molecule has 1 aliphatic rings. The van der Waals surface area contributed by atoms with Crippen LogP contribution in [0.15, 0.2) is 28.9 Å². The van der Waals surface area contributed by atoms with Gasteiger partial charge in [0.1, 0.15) is 23.6 Å². The number of anilines is 2. The van der Waals surface area contributed by atoms with Gasteiger partial charge in [0.05, 0.1) is 11.3 Å². The smallest absolute Gasteiger partial charge is 0.217 e. The summed E-state index contributed by atoms with van der Waals surface area (Å²) in [5.74, 6) is -3.15. The number of Topliss-reactive ketones (excluding diaryl/α,β-unsaturated/α-hetero) is 1. The fraction of sp³-hybridized carbons (Fsp3) is 0.278. The SMILES string of the molecule is N=C(C(=O)c1c(F)ccc(N)c1F)c1cc(Br)cnc1NC1CCCCO1. The predicted molar refractivity (Wildman–Crippen MR) is 101 cm³/mol. The maximum atomic E-state index is 14.2. The van der Waals surface area contributed by atoms with E-state index in [2.05, 4.69) is 26.2 Å². The minimum absolute atomic E-state index is 0.102. The molecule has 0 spiro atoms. The Labute approximate surface area is 162 Å². The number of nitrogen functional groups attached to an aromatic ring is 1. The summed E-state index contributed by atoms with van der Waals surface area (Å²) in [5, 5.41) is 11.3. The van der Waals surface area contributed by atoms with Gasteiger partial charge in [-0.25, -0.2) is 13.8 Å². The van der Waals surface area contributed by atoms with E-state index in [0.29, 0.717) is 11.1 Å². The molecular formula is C18H17BrF2N4O2. The number of benzene rings is 1. The fourth-order valence-electron chi connectivity index (χ4n) is 2.78. The number of hydrogen-bond acceptors (Lipinski definition) is 6. The number of halogens is 3. The van der Waals surface area contributed by atoms with Crippen LogP contribution in [0, 0.1) is 17.0 Å². The van der Waals surface area contributed by atoms with E-state index in [1.807, 2.05) is 0 Å². The molecule has 1 unspecified atom stereocenters. The first-order chi connectivity index (χ1) is 12.9. The number of nitrogens with one attached hydrogen (secondary N) is 2. The van der Waals surface area contributed by atoms with Gasteiger partial charge in [-0.1, -0.05) is 0 Å². The van der Waals surface area contributed by atoms with Crippen molar-refractivity contribution in [1.29, 1.82) is 5.41 Å². The molecule has 2 aromatic rings. The zero-order valence-electron chi connectivity index (χ0n) is 14.2. The van der Waals surface area contributed by atoms with Crippen LogP contribution in [-0.4, -0.2) is 29.3 Å². The first-order valence-corrected chi connectivity index (χ1v) is 9.08. The lowest BCUT2D eigenvalue weighted by molar-refractivity contribution is 0.0341. The normalized spacial score (nSPS) is 16.8. The number of carbonyl (C=O) groups excluding carboxylic acids is 1. The van der Waals surface area contributed by atoms with Gasteiger partial charge in [0.15, 0.2) is 5.82 Å². The Balaban J connectivity index is 1.95. The van der Waals surface area contributed by atoms with E-state index in [-0.39, 0.29) is 23.3 Å². The second-order valence-corrected chi connectivity index (χ2v) is 6.99. The van der Waals surface area contributed by atoms with Gasteiger partial charge in [-0.15, -0.1) is 0 Å². The second kappa shape index (κ2) is 8.10. The van der Waals surface area contributed by atoms with Crippen molar-refractivity contribution < 1.29 is 18.3 Å². The summed E-state index contributed by atoms with van der Waals surface area (Å²) in [5.41, 5.74) is 3.70. The van der Waals surface area contributed by atoms with E-state index in [0.717, 1.165) is 31.4 Å². The van der Waals surface area contributed by atoms with Crippen LogP contribution in [-0.2, 0) is 4.74 Å². The molecule has 1 atom stereocenters. The zero-order chi connectivity index (χ0) is 19.6. The number of carbonyl (C=O) groups is 1. The highest BCUT2D eigenvalue weighted by Crippen LogP contribution is 2.25. The van der Waals surface area contributed by atoms with Crippen molar-refractivity contribution in [2.24, 2.45) is 0 Å². The van der Waals surface area contributed by atoms with Gasteiger partial charge >= 0.3 is 0 Å². The minimum Gasteiger partial charge on any atom is -0.396 e. The molecule has 4 N–H and O–H groups in total. The monoisotopic (exact) mass is 438 g/mol. The van der Waals surface area contributed by atoms with Crippen molar-refractivity contribution >= 4 is 38.9 Å². The number of ketones is 1. The van der Waals surface area contributed by atoms with Crippen molar-refractivity contribution in [2.75, 3.05) is 17.7 Å². The minimum atomic E-state index is -1.18. The van der Waals surface area contributed by atoms with Crippen LogP contribution < -0.4 is 11.1 Å². The lowest BCUT2D eigenvalue weighted by atomic mass is 9.99. The van der Waals surface area contributed by atoms with Crippen LogP contribution in [0.5, 0.6) is 0 Å². The quantitative estimate of drug-likeness (QED) is 0.373. The van der Waals surface area contributed by atoms with Gasteiger partial charge in [-0.05, 0) is 53.4 Å². The third kappa shape index (κ3) is 4.14. The van der Waals surface area contributed by atoms with Gasteiger partial charge in [0.2, 0.25) is 5.78 Å². The summed E-state index contributed by atoms with van der Waals surface area (Å²) in [4.78, 5) is 16.8. The molecule has 0 aliphatic carbocycles. The molecule has 0 radical (unpaired) electrons.